The van der Waals surface area contributed by atoms with Gasteiger partial charge < -0.3 is 15.2 Å². The van der Waals surface area contributed by atoms with Crippen LogP contribution in [0.25, 0.3) is 0 Å². The molecule has 21 heavy (non-hydrogen) atoms. The molecular formula is C16H19NO3S. The third-order valence-corrected chi connectivity index (χ3v) is 4.20. The Hall–Kier alpha value is -2.01. The zero-order valence-electron chi connectivity index (χ0n) is 12.0. The number of para-hydroxylation sites is 1. The molecule has 0 bridgehead atoms. The van der Waals surface area contributed by atoms with E-state index in [9.17, 15) is 4.21 Å². The molecular weight excluding hydrogens is 286 g/mol. The predicted octanol–water partition coefficient (Wildman–Crippen LogP) is 2.85. The number of anilines is 1. The predicted molar refractivity (Wildman–Crippen MR) is 85.2 cm³/mol. The van der Waals surface area contributed by atoms with Crippen LogP contribution in [0.3, 0.4) is 0 Å². The van der Waals surface area contributed by atoms with Crippen LogP contribution < -0.4 is 15.2 Å². The molecule has 2 aromatic carbocycles. The van der Waals surface area contributed by atoms with Gasteiger partial charge in [0.1, 0.15) is 18.1 Å². The van der Waals surface area contributed by atoms with Gasteiger partial charge in [0, 0.05) is 5.69 Å². The van der Waals surface area contributed by atoms with Crippen LogP contribution >= 0.6 is 0 Å². The molecule has 4 nitrogen and oxygen atoms in total. The number of ether oxygens (including phenoxy) is 2. The molecule has 1 unspecified atom stereocenters. The summed E-state index contributed by atoms with van der Waals surface area (Å²) in [6.07, 6.45) is 0. The van der Waals surface area contributed by atoms with E-state index in [0.717, 1.165) is 5.75 Å². The zero-order chi connectivity index (χ0) is 15.1. The first kappa shape index (κ1) is 15.4. The van der Waals surface area contributed by atoms with E-state index in [4.69, 9.17) is 15.2 Å². The average Bonchev–Trinajstić information content (AvgIpc) is 2.50. The van der Waals surface area contributed by atoms with Crippen LogP contribution in [0.4, 0.5) is 5.69 Å². The number of nitrogen functional groups attached to an aromatic ring is 1. The van der Waals surface area contributed by atoms with Gasteiger partial charge in [-0.1, -0.05) is 18.2 Å². The summed E-state index contributed by atoms with van der Waals surface area (Å²) >= 11 is 0. The third-order valence-electron chi connectivity index (χ3n) is 2.82. The van der Waals surface area contributed by atoms with E-state index in [1.54, 1.807) is 18.2 Å². The molecule has 2 aromatic rings. The molecule has 5 heteroatoms. The van der Waals surface area contributed by atoms with E-state index in [0.29, 0.717) is 35.3 Å². The van der Waals surface area contributed by atoms with Crippen LogP contribution in [-0.4, -0.2) is 23.2 Å². The van der Waals surface area contributed by atoms with Crippen molar-refractivity contribution in [3.8, 4) is 11.5 Å². The number of benzene rings is 2. The van der Waals surface area contributed by atoms with Crippen molar-refractivity contribution in [3.63, 3.8) is 0 Å². The van der Waals surface area contributed by atoms with Crippen LogP contribution in [0.15, 0.2) is 53.4 Å². The van der Waals surface area contributed by atoms with Gasteiger partial charge in [-0.3, -0.25) is 4.21 Å². The Labute approximate surface area is 127 Å². The molecule has 0 aliphatic rings. The lowest BCUT2D eigenvalue weighted by molar-refractivity contribution is 0.339. The zero-order valence-corrected chi connectivity index (χ0v) is 12.8. The summed E-state index contributed by atoms with van der Waals surface area (Å²) in [7, 11) is -1.21. The van der Waals surface area contributed by atoms with Gasteiger partial charge >= 0.3 is 0 Å². The van der Waals surface area contributed by atoms with E-state index in [2.05, 4.69) is 0 Å². The maximum absolute atomic E-state index is 12.3. The van der Waals surface area contributed by atoms with E-state index >= 15 is 0 Å². The number of rotatable bonds is 7. The first-order valence-electron chi connectivity index (χ1n) is 6.79. The summed E-state index contributed by atoms with van der Waals surface area (Å²) in [5.41, 5.74) is 6.39. The van der Waals surface area contributed by atoms with Crippen molar-refractivity contribution >= 4 is 16.5 Å². The topological polar surface area (TPSA) is 61.5 Å². The van der Waals surface area contributed by atoms with Gasteiger partial charge in [-0.25, -0.2) is 0 Å². The van der Waals surface area contributed by atoms with Gasteiger partial charge in [0.2, 0.25) is 0 Å². The molecule has 0 saturated heterocycles. The highest BCUT2D eigenvalue weighted by molar-refractivity contribution is 7.85. The van der Waals surface area contributed by atoms with Gasteiger partial charge in [0.25, 0.3) is 0 Å². The second-order valence-electron chi connectivity index (χ2n) is 4.34. The second-order valence-corrected chi connectivity index (χ2v) is 5.88. The highest BCUT2D eigenvalue weighted by atomic mass is 32.2. The number of hydrogen-bond donors (Lipinski definition) is 1. The summed E-state index contributed by atoms with van der Waals surface area (Å²) in [4.78, 5) is 0.595. The smallest absolute Gasteiger partial charge is 0.120 e. The molecule has 0 spiro atoms. The fourth-order valence-corrected chi connectivity index (χ4v) is 2.86. The van der Waals surface area contributed by atoms with Gasteiger partial charge in [0.05, 0.1) is 28.1 Å². The van der Waals surface area contributed by atoms with Crippen LogP contribution in [0.5, 0.6) is 11.5 Å². The van der Waals surface area contributed by atoms with Gasteiger partial charge in [0.15, 0.2) is 0 Å². The summed E-state index contributed by atoms with van der Waals surface area (Å²) in [5, 5.41) is 0. The van der Waals surface area contributed by atoms with Crippen molar-refractivity contribution in [1.29, 1.82) is 0 Å². The van der Waals surface area contributed by atoms with E-state index < -0.39 is 10.8 Å². The monoisotopic (exact) mass is 305 g/mol. The Bertz CT molecular complexity index is 602. The molecule has 0 radical (unpaired) electrons. The Kier molecular flexibility index (Phi) is 5.63. The molecule has 0 heterocycles. The Balaban J connectivity index is 1.95. The van der Waals surface area contributed by atoms with Crippen molar-refractivity contribution in [3.05, 3.63) is 48.5 Å². The van der Waals surface area contributed by atoms with Gasteiger partial charge in [-0.05, 0) is 37.3 Å². The lowest BCUT2D eigenvalue weighted by Crippen LogP contribution is -2.10. The van der Waals surface area contributed by atoms with Crippen molar-refractivity contribution in [2.75, 3.05) is 24.7 Å². The molecule has 1 atom stereocenters. The highest BCUT2D eigenvalue weighted by Gasteiger charge is 2.10. The fourth-order valence-electron chi connectivity index (χ4n) is 1.83. The van der Waals surface area contributed by atoms with E-state index in [1.165, 1.54) is 0 Å². The molecule has 0 amide bonds. The Morgan fingerprint density at radius 1 is 1.05 bits per heavy atom. The molecule has 0 aromatic heterocycles. The summed E-state index contributed by atoms with van der Waals surface area (Å²) < 4.78 is 23.3. The maximum Gasteiger partial charge on any atom is 0.120 e. The minimum absolute atomic E-state index is 0.370. The summed E-state index contributed by atoms with van der Waals surface area (Å²) in [6.45, 7) is 2.84. The lowest BCUT2D eigenvalue weighted by Gasteiger charge is -2.10. The Morgan fingerprint density at radius 3 is 2.52 bits per heavy atom. The molecule has 2 rings (SSSR count). The summed E-state index contributed by atoms with van der Waals surface area (Å²) in [5.74, 6) is 1.83. The normalized spacial score (nSPS) is 11.9. The van der Waals surface area contributed by atoms with Crippen molar-refractivity contribution in [1.82, 2.24) is 0 Å². The number of nitrogens with two attached hydrogens (primary N) is 1. The third kappa shape index (κ3) is 4.49. The first-order chi connectivity index (χ1) is 10.2. The first-order valence-corrected chi connectivity index (χ1v) is 8.11. The van der Waals surface area contributed by atoms with Crippen LogP contribution in [0.1, 0.15) is 6.92 Å². The quantitative estimate of drug-likeness (QED) is 0.799. The molecule has 0 aliphatic heterocycles. The number of hydrogen-bond acceptors (Lipinski definition) is 4. The van der Waals surface area contributed by atoms with Gasteiger partial charge in [-0.2, -0.15) is 0 Å². The Morgan fingerprint density at radius 2 is 1.81 bits per heavy atom. The molecule has 112 valence electrons. The standard InChI is InChI=1S/C16H19NO3S/c1-2-19-14-8-9-15(17)16(12-14)21(18)11-10-20-13-6-4-3-5-7-13/h3-9,12H,2,10-11,17H2,1H3. The van der Waals surface area contributed by atoms with Crippen molar-refractivity contribution in [2.24, 2.45) is 0 Å². The van der Waals surface area contributed by atoms with Crippen molar-refractivity contribution < 1.29 is 13.7 Å². The SMILES string of the molecule is CCOc1ccc(N)c(S(=O)CCOc2ccccc2)c1. The van der Waals surface area contributed by atoms with Crippen LogP contribution in [0.2, 0.25) is 0 Å². The average molecular weight is 305 g/mol. The molecule has 0 aliphatic carbocycles. The van der Waals surface area contributed by atoms with Crippen LogP contribution in [-0.2, 0) is 10.8 Å². The highest BCUT2D eigenvalue weighted by Crippen LogP contribution is 2.23. The minimum Gasteiger partial charge on any atom is -0.494 e. The lowest BCUT2D eigenvalue weighted by atomic mass is 10.3. The van der Waals surface area contributed by atoms with Gasteiger partial charge in [-0.15, -0.1) is 0 Å². The molecule has 0 fully saturated rings. The van der Waals surface area contributed by atoms with Crippen LogP contribution in [0, 0.1) is 0 Å². The minimum atomic E-state index is -1.21. The molecule has 0 saturated carbocycles. The summed E-state index contributed by atoms with van der Waals surface area (Å²) in [6, 6.07) is 14.7. The van der Waals surface area contributed by atoms with E-state index in [-0.39, 0.29) is 0 Å². The second kappa shape index (κ2) is 7.69. The maximum atomic E-state index is 12.3. The largest absolute Gasteiger partial charge is 0.494 e. The van der Waals surface area contributed by atoms with Crippen molar-refractivity contribution in [2.45, 2.75) is 11.8 Å². The molecule has 2 N–H and O–H groups in total. The van der Waals surface area contributed by atoms with E-state index in [1.807, 2.05) is 37.3 Å². The fraction of sp³-hybridized carbons (Fsp3) is 0.250.